The number of benzene rings is 2. The molecule has 2 aromatic carbocycles. The first-order valence-electron chi connectivity index (χ1n) is 13.3. The van der Waals surface area contributed by atoms with Gasteiger partial charge in [0.15, 0.2) is 0 Å². The molecule has 1 aliphatic heterocycles. The molecule has 1 heterocycles. The number of nitrogens with one attached hydrogen (secondary N) is 1. The van der Waals surface area contributed by atoms with Crippen molar-refractivity contribution in [2.24, 2.45) is 5.92 Å². The number of amides is 1. The Morgan fingerprint density at radius 3 is 2.32 bits per heavy atom. The lowest BCUT2D eigenvalue weighted by molar-refractivity contribution is -0.149. The number of piperazine rings is 1. The molecule has 0 saturated carbocycles. The van der Waals surface area contributed by atoms with E-state index in [9.17, 15) is 23.5 Å². The lowest BCUT2D eigenvalue weighted by Crippen LogP contribution is -2.60. The average molecular weight is 581 g/mol. The van der Waals surface area contributed by atoms with Gasteiger partial charge in [0, 0.05) is 54.3 Å². The third kappa shape index (κ3) is 8.52. The van der Waals surface area contributed by atoms with Gasteiger partial charge < -0.3 is 24.6 Å². The number of hydrogen-bond acceptors (Lipinski definition) is 8. The van der Waals surface area contributed by atoms with Crippen molar-refractivity contribution in [3.8, 4) is 23.7 Å². The number of carbonyl (C=O) groups excluding carboxylic acids is 1. The van der Waals surface area contributed by atoms with Gasteiger partial charge in [0.25, 0.3) is 5.91 Å². The van der Waals surface area contributed by atoms with Gasteiger partial charge in [-0.2, -0.15) is 9.68 Å². The van der Waals surface area contributed by atoms with Gasteiger partial charge in [-0.05, 0) is 54.8 Å². The number of ether oxygens (including phenoxy) is 1. The summed E-state index contributed by atoms with van der Waals surface area (Å²) in [6, 6.07) is 13.5. The Morgan fingerprint density at radius 1 is 1.12 bits per heavy atom. The molecule has 11 nitrogen and oxygen atoms in total. The highest BCUT2D eigenvalue weighted by Crippen LogP contribution is 2.23. The fraction of sp³-hybridized carbons (Fsp3) is 0.414. The fourth-order valence-electron chi connectivity index (χ4n) is 4.39. The van der Waals surface area contributed by atoms with Crippen LogP contribution in [0.1, 0.15) is 48.7 Å². The monoisotopic (exact) mass is 580 g/mol. The van der Waals surface area contributed by atoms with Gasteiger partial charge in [-0.25, -0.2) is 5.01 Å². The Balaban J connectivity index is 1.69. The van der Waals surface area contributed by atoms with Crippen molar-refractivity contribution < 1.29 is 28.2 Å². The lowest BCUT2D eigenvalue weighted by atomic mass is 10.1. The highest BCUT2D eigenvalue weighted by atomic mass is 32.2. The second kappa shape index (κ2) is 15.2. The van der Waals surface area contributed by atoms with E-state index in [0.29, 0.717) is 49.7 Å². The minimum atomic E-state index is -2.71. The molecule has 0 radical (unpaired) electrons. The zero-order chi connectivity index (χ0) is 29.9. The van der Waals surface area contributed by atoms with Crippen LogP contribution in [0.4, 0.5) is 5.69 Å². The predicted octanol–water partition coefficient (Wildman–Crippen LogP) is 2.37. The second-order valence-corrected chi connectivity index (χ2v) is 10.5. The Labute approximate surface area is 243 Å². The molecule has 1 aliphatic rings. The summed E-state index contributed by atoms with van der Waals surface area (Å²) in [6.07, 6.45) is 0.787. The number of anilines is 1. The maximum absolute atomic E-state index is 12.5. The number of hydrazine groups is 1. The zero-order valence-corrected chi connectivity index (χ0v) is 24.1. The van der Waals surface area contributed by atoms with Gasteiger partial charge >= 0.3 is 5.97 Å². The van der Waals surface area contributed by atoms with Crippen LogP contribution in [0.3, 0.4) is 0 Å². The summed E-state index contributed by atoms with van der Waals surface area (Å²) in [5.41, 5.74) is 2.65. The third-order valence-electron chi connectivity index (χ3n) is 6.41. The topological polar surface area (TPSA) is 149 Å². The highest BCUT2D eigenvalue weighted by Gasteiger charge is 2.35. The summed E-state index contributed by atoms with van der Waals surface area (Å²) in [6.45, 7) is 7.44. The molecule has 218 valence electrons. The molecule has 2 aromatic rings. The molecule has 0 bridgehead atoms. The normalized spacial score (nSPS) is 15.0. The number of carboxylic acids is 1. The standard InChI is InChI=1S/C29H35N5O6S/c1-4-19-40-26-12-9-23(20-25(26)28(35)31-14-13-30)6-5-22-7-10-24(11-8-22)32-15-17-33(18-16-32)34(41(38)39)27(21(2)3)29(36)37/h7-12,20-21,27H,4,14-19H2,1-3H3,(H,31,35)(H,36,37)(H,38,39)/p-1. The van der Waals surface area contributed by atoms with Crippen LogP contribution in [0.25, 0.3) is 0 Å². The summed E-state index contributed by atoms with van der Waals surface area (Å²) in [7, 11) is 0. The number of carbonyl (C=O) groups is 2. The molecular formula is C29H34N5O6S-. The molecule has 2 N–H and O–H groups in total. The van der Waals surface area contributed by atoms with Gasteiger partial charge in [0.1, 0.15) is 18.3 Å². The molecule has 0 aliphatic carbocycles. The molecule has 2 atom stereocenters. The van der Waals surface area contributed by atoms with Crippen LogP contribution in [0.2, 0.25) is 0 Å². The van der Waals surface area contributed by atoms with E-state index in [0.717, 1.165) is 22.1 Å². The first-order valence-corrected chi connectivity index (χ1v) is 14.3. The van der Waals surface area contributed by atoms with E-state index in [4.69, 9.17) is 10.00 Å². The first-order chi connectivity index (χ1) is 19.7. The molecular weight excluding hydrogens is 546 g/mol. The van der Waals surface area contributed by atoms with Gasteiger partial charge in [-0.3, -0.25) is 13.8 Å². The van der Waals surface area contributed by atoms with E-state index in [1.54, 1.807) is 37.1 Å². The third-order valence-corrected chi connectivity index (χ3v) is 7.17. The summed E-state index contributed by atoms with van der Waals surface area (Å²) in [5, 5.41) is 22.5. The predicted molar refractivity (Wildman–Crippen MR) is 153 cm³/mol. The van der Waals surface area contributed by atoms with Crippen molar-refractivity contribution in [1.29, 1.82) is 5.26 Å². The van der Waals surface area contributed by atoms with Crippen molar-refractivity contribution in [1.82, 2.24) is 14.7 Å². The number of nitriles is 1. The van der Waals surface area contributed by atoms with E-state index in [-0.39, 0.29) is 6.54 Å². The van der Waals surface area contributed by atoms with Crippen molar-refractivity contribution in [3.63, 3.8) is 0 Å². The summed E-state index contributed by atoms with van der Waals surface area (Å²) < 4.78 is 30.5. The molecule has 0 aromatic heterocycles. The molecule has 12 heteroatoms. The van der Waals surface area contributed by atoms with Crippen molar-refractivity contribution in [3.05, 3.63) is 59.2 Å². The molecule has 2 unspecified atom stereocenters. The quantitative estimate of drug-likeness (QED) is 0.232. The van der Waals surface area contributed by atoms with E-state index in [2.05, 4.69) is 22.1 Å². The summed E-state index contributed by atoms with van der Waals surface area (Å²) in [5.74, 6) is 4.63. The maximum atomic E-state index is 12.5. The molecule has 1 saturated heterocycles. The van der Waals surface area contributed by atoms with Crippen molar-refractivity contribution >= 4 is 28.8 Å². The zero-order valence-electron chi connectivity index (χ0n) is 23.3. The Morgan fingerprint density at radius 2 is 1.76 bits per heavy atom. The van der Waals surface area contributed by atoms with Gasteiger partial charge in [-0.15, -0.1) is 0 Å². The number of carboxylic acid groups (broad SMARTS) is 1. The van der Waals surface area contributed by atoms with Gasteiger partial charge in [0.2, 0.25) is 0 Å². The second-order valence-electron chi connectivity index (χ2n) is 9.68. The van der Waals surface area contributed by atoms with Crippen LogP contribution >= 0.6 is 0 Å². The summed E-state index contributed by atoms with van der Waals surface area (Å²) >= 11 is -2.71. The van der Waals surface area contributed by atoms with Crippen LogP contribution < -0.4 is 15.0 Å². The van der Waals surface area contributed by atoms with Gasteiger partial charge in [-0.1, -0.05) is 32.6 Å². The molecule has 3 rings (SSSR count). The van der Waals surface area contributed by atoms with E-state index < -0.39 is 35.1 Å². The fourth-order valence-corrected chi connectivity index (χ4v) is 5.26. The van der Waals surface area contributed by atoms with Crippen molar-refractivity contribution in [2.75, 3.05) is 44.2 Å². The smallest absolute Gasteiger partial charge is 0.323 e. The molecule has 1 fully saturated rings. The van der Waals surface area contributed by atoms with Gasteiger partial charge in [0.05, 0.1) is 18.2 Å². The number of hydrogen-bond donors (Lipinski definition) is 2. The van der Waals surface area contributed by atoms with Crippen LogP contribution in [0.5, 0.6) is 5.75 Å². The lowest BCUT2D eigenvalue weighted by Gasteiger charge is -2.45. The Bertz CT molecular complexity index is 1340. The average Bonchev–Trinajstić information content (AvgIpc) is 2.96. The number of aliphatic carboxylic acids is 1. The van der Waals surface area contributed by atoms with E-state index >= 15 is 0 Å². The van der Waals surface area contributed by atoms with E-state index in [1.807, 2.05) is 37.3 Å². The van der Waals surface area contributed by atoms with E-state index in [1.165, 1.54) is 0 Å². The first kappa shape index (κ1) is 31.6. The van der Waals surface area contributed by atoms with Crippen LogP contribution in [0.15, 0.2) is 42.5 Å². The minimum Gasteiger partial charge on any atom is -0.759 e. The number of rotatable bonds is 11. The largest absolute Gasteiger partial charge is 0.759 e. The SMILES string of the molecule is CCCOc1ccc(C#Cc2ccc(N3CCN(N(C(C(=O)O)C(C)C)S(=O)[O-])CC3)cc2)cc1C(=O)NCC#N. The molecule has 1 amide bonds. The highest BCUT2D eigenvalue weighted by molar-refractivity contribution is 7.76. The Hall–Kier alpha value is -3.94. The van der Waals surface area contributed by atoms with Crippen LogP contribution in [-0.4, -0.2) is 80.5 Å². The number of nitrogens with zero attached hydrogens (tertiary/aromatic N) is 4. The van der Waals surface area contributed by atoms with Crippen molar-refractivity contribution in [2.45, 2.75) is 33.2 Å². The molecule has 0 spiro atoms. The minimum absolute atomic E-state index is 0.111. The Kier molecular flexibility index (Phi) is 11.7. The van der Waals surface area contributed by atoms with Crippen LogP contribution in [-0.2, 0) is 16.1 Å². The van der Waals surface area contributed by atoms with Crippen LogP contribution in [0, 0.1) is 29.1 Å². The molecule has 41 heavy (non-hydrogen) atoms. The maximum Gasteiger partial charge on any atom is 0.323 e. The summed E-state index contributed by atoms with van der Waals surface area (Å²) in [4.78, 5) is 26.4.